The van der Waals surface area contributed by atoms with Crippen molar-refractivity contribution in [3.05, 3.63) is 22.5 Å². The fourth-order valence-corrected chi connectivity index (χ4v) is 1.54. The van der Waals surface area contributed by atoms with Gasteiger partial charge in [-0.3, -0.25) is 0 Å². The Labute approximate surface area is 85.8 Å². The van der Waals surface area contributed by atoms with Crippen molar-refractivity contribution in [1.82, 2.24) is 9.55 Å². The third-order valence-corrected chi connectivity index (χ3v) is 2.19. The summed E-state index contributed by atoms with van der Waals surface area (Å²) in [6, 6.07) is 0. The van der Waals surface area contributed by atoms with E-state index >= 15 is 0 Å². The lowest BCUT2D eigenvalue weighted by molar-refractivity contribution is -0.397. The van der Waals surface area contributed by atoms with Crippen molar-refractivity contribution < 1.29 is 14.4 Å². The number of hydrogen-bond donors (Lipinski definition) is 0. The number of nitrogens with zero attached hydrogens (tertiary/aromatic N) is 3. The topological polar surface area (TPSA) is 79.4 Å². The Morgan fingerprint density at radius 1 is 1.60 bits per heavy atom. The zero-order chi connectivity index (χ0) is 10.7. The standard InChI is InChI=1S/C8H11N3O4/c12-11(13)8-9-1-2-10(8)3-7-4-14-6-15-5-7/h1-2,7H,3-6H2. The second kappa shape index (κ2) is 4.37. The van der Waals surface area contributed by atoms with Gasteiger partial charge in [0.05, 0.1) is 19.8 Å². The molecule has 1 aromatic rings. The number of rotatable bonds is 3. The van der Waals surface area contributed by atoms with Crippen molar-refractivity contribution in [3.8, 4) is 0 Å². The molecule has 0 aromatic carbocycles. The maximum atomic E-state index is 10.6. The maximum Gasteiger partial charge on any atom is 0.434 e. The Bertz CT molecular complexity index is 345. The van der Waals surface area contributed by atoms with Crippen LogP contribution < -0.4 is 0 Å². The molecule has 2 rings (SSSR count). The SMILES string of the molecule is O=[N+]([O-])c1nccn1CC1COCOC1. The van der Waals surface area contributed by atoms with E-state index in [1.807, 2.05) is 0 Å². The van der Waals surface area contributed by atoms with Crippen LogP contribution in [0.4, 0.5) is 5.95 Å². The minimum atomic E-state index is -0.495. The summed E-state index contributed by atoms with van der Waals surface area (Å²) >= 11 is 0. The average molecular weight is 213 g/mol. The van der Waals surface area contributed by atoms with Crippen molar-refractivity contribution in [2.45, 2.75) is 6.54 Å². The molecule has 0 aliphatic carbocycles. The minimum absolute atomic E-state index is 0.138. The van der Waals surface area contributed by atoms with E-state index < -0.39 is 4.92 Å². The second-order valence-corrected chi connectivity index (χ2v) is 3.36. The van der Waals surface area contributed by atoms with Crippen LogP contribution in [0.5, 0.6) is 0 Å². The first-order chi connectivity index (χ1) is 7.27. The third-order valence-electron chi connectivity index (χ3n) is 2.19. The van der Waals surface area contributed by atoms with Gasteiger partial charge in [-0.2, -0.15) is 0 Å². The number of imidazole rings is 1. The molecular formula is C8H11N3O4. The molecule has 0 bridgehead atoms. The van der Waals surface area contributed by atoms with E-state index in [0.29, 0.717) is 26.6 Å². The number of ether oxygens (including phenoxy) is 2. The van der Waals surface area contributed by atoms with E-state index in [2.05, 4.69) is 4.98 Å². The Morgan fingerprint density at radius 3 is 3.00 bits per heavy atom. The van der Waals surface area contributed by atoms with E-state index in [0.717, 1.165) is 0 Å². The maximum absolute atomic E-state index is 10.6. The molecular weight excluding hydrogens is 202 g/mol. The predicted octanol–water partition coefficient (Wildman–Crippen LogP) is 0.412. The summed E-state index contributed by atoms with van der Waals surface area (Å²) < 4.78 is 11.7. The molecule has 15 heavy (non-hydrogen) atoms. The monoisotopic (exact) mass is 213 g/mol. The zero-order valence-electron chi connectivity index (χ0n) is 8.04. The van der Waals surface area contributed by atoms with Gasteiger partial charge in [0.1, 0.15) is 19.2 Å². The van der Waals surface area contributed by atoms with Crippen LogP contribution in [-0.4, -0.2) is 34.5 Å². The smallest absolute Gasteiger partial charge is 0.390 e. The number of aromatic nitrogens is 2. The van der Waals surface area contributed by atoms with E-state index in [1.54, 1.807) is 6.20 Å². The average Bonchev–Trinajstić information content (AvgIpc) is 2.67. The van der Waals surface area contributed by atoms with Crippen LogP contribution in [0, 0.1) is 16.0 Å². The van der Waals surface area contributed by atoms with E-state index in [4.69, 9.17) is 9.47 Å². The molecule has 0 unspecified atom stereocenters. The Kier molecular flexibility index (Phi) is 2.93. The summed E-state index contributed by atoms with van der Waals surface area (Å²) in [5.74, 6) is 0.00669. The largest absolute Gasteiger partial charge is 0.434 e. The quantitative estimate of drug-likeness (QED) is 0.536. The van der Waals surface area contributed by atoms with Crippen LogP contribution in [-0.2, 0) is 16.0 Å². The Morgan fingerprint density at radius 2 is 2.33 bits per heavy atom. The molecule has 7 heteroatoms. The van der Waals surface area contributed by atoms with Crippen molar-refractivity contribution in [1.29, 1.82) is 0 Å². The van der Waals surface area contributed by atoms with Crippen LogP contribution in [0.2, 0.25) is 0 Å². The van der Waals surface area contributed by atoms with E-state index in [-0.39, 0.29) is 11.9 Å². The molecule has 1 fully saturated rings. The first kappa shape index (κ1) is 10.1. The predicted molar refractivity (Wildman–Crippen MR) is 49.1 cm³/mol. The fourth-order valence-electron chi connectivity index (χ4n) is 1.54. The summed E-state index contributed by atoms with van der Waals surface area (Å²) in [6.07, 6.45) is 3.01. The molecule has 0 atom stereocenters. The first-order valence-electron chi connectivity index (χ1n) is 4.58. The minimum Gasteiger partial charge on any atom is -0.390 e. The molecule has 2 heterocycles. The van der Waals surface area contributed by atoms with Gasteiger partial charge in [0.25, 0.3) is 0 Å². The van der Waals surface area contributed by atoms with Gasteiger partial charge in [-0.05, 0) is 4.92 Å². The summed E-state index contributed by atoms with van der Waals surface area (Å²) in [5.41, 5.74) is 0. The van der Waals surface area contributed by atoms with Gasteiger partial charge in [-0.15, -0.1) is 0 Å². The lowest BCUT2D eigenvalue weighted by Crippen LogP contribution is -2.27. The van der Waals surface area contributed by atoms with Crippen LogP contribution in [0.1, 0.15) is 0 Å². The van der Waals surface area contributed by atoms with Crippen LogP contribution in [0.25, 0.3) is 0 Å². The van der Waals surface area contributed by atoms with Crippen LogP contribution in [0.15, 0.2) is 12.4 Å². The molecule has 1 aliphatic rings. The highest BCUT2D eigenvalue weighted by molar-refractivity contribution is 5.06. The summed E-state index contributed by atoms with van der Waals surface area (Å²) in [4.78, 5) is 13.8. The second-order valence-electron chi connectivity index (χ2n) is 3.36. The van der Waals surface area contributed by atoms with Gasteiger partial charge in [-0.25, -0.2) is 4.57 Å². The van der Waals surface area contributed by atoms with Crippen LogP contribution >= 0.6 is 0 Å². The van der Waals surface area contributed by atoms with Gasteiger partial charge in [0.2, 0.25) is 0 Å². The molecule has 1 aromatic heterocycles. The summed E-state index contributed by atoms with van der Waals surface area (Å²) in [6.45, 7) is 1.93. The van der Waals surface area contributed by atoms with Gasteiger partial charge in [0, 0.05) is 5.92 Å². The van der Waals surface area contributed by atoms with Gasteiger partial charge < -0.3 is 19.6 Å². The molecule has 0 saturated carbocycles. The van der Waals surface area contributed by atoms with Crippen molar-refractivity contribution >= 4 is 5.95 Å². The third kappa shape index (κ3) is 2.31. The lowest BCUT2D eigenvalue weighted by Gasteiger charge is -2.21. The lowest BCUT2D eigenvalue weighted by atomic mass is 10.1. The molecule has 0 N–H and O–H groups in total. The van der Waals surface area contributed by atoms with Crippen molar-refractivity contribution in [2.24, 2.45) is 5.92 Å². The molecule has 0 radical (unpaired) electrons. The highest BCUT2D eigenvalue weighted by Crippen LogP contribution is 2.13. The fraction of sp³-hybridized carbons (Fsp3) is 0.625. The normalized spacial score (nSPS) is 17.9. The molecule has 0 spiro atoms. The van der Waals surface area contributed by atoms with E-state index in [9.17, 15) is 10.1 Å². The first-order valence-corrected chi connectivity index (χ1v) is 4.58. The molecule has 0 amide bonds. The summed E-state index contributed by atoms with van der Waals surface area (Å²) in [7, 11) is 0. The number of nitro groups is 1. The Hall–Kier alpha value is -1.47. The van der Waals surface area contributed by atoms with Crippen LogP contribution in [0.3, 0.4) is 0 Å². The highest BCUT2D eigenvalue weighted by atomic mass is 16.7. The van der Waals surface area contributed by atoms with E-state index in [1.165, 1.54) is 10.8 Å². The van der Waals surface area contributed by atoms with Crippen molar-refractivity contribution in [3.63, 3.8) is 0 Å². The number of hydrogen-bond acceptors (Lipinski definition) is 5. The molecule has 1 saturated heterocycles. The summed E-state index contributed by atoms with van der Waals surface area (Å²) in [5, 5.41) is 10.6. The molecule has 82 valence electrons. The molecule has 1 aliphatic heterocycles. The molecule has 7 nitrogen and oxygen atoms in total. The Balaban J connectivity index is 2.03. The van der Waals surface area contributed by atoms with Gasteiger partial charge >= 0.3 is 5.95 Å². The highest BCUT2D eigenvalue weighted by Gasteiger charge is 2.21. The van der Waals surface area contributed by atoms with Gasteiger partial charge in [-0.1, -0.05) is 4.98 Å². The zero-order valence-corrected chi connectivity index (χ0v) is 8.04. The van der Waals surface area contributed by atoms with Gasteiger partial charge in [0.15, 0.2) is 0 Å². The van der Waals surface area contributed by atoms with Crippen molar-refractivity contribution in [2.75, 3.05) is 20.0 Å².